The molecule has 0 spiro atoms. The number of esters is 4. The number of carbonyl (C=O) groups excluding carboxylic acids is 4. The Labute approximate surface area is 556 Å². The van der Waals surface area contributed by atoms with E-state index in [1.165, 1.54) is 64.8 Å². The van der Waals surface area contributed by atoms with Gasteiger partial charge in [-0.05, 0) is 113 Å². The van der Waals surface area contributed by atoms with E-state index in [0.717, 1.165) is 0 Å². The number of aryl methyl sites for hydroxylation is 2. The van der Waals surface area contributed by atoms with Crippen LogP contribution in [0.4, 0.5) is 22.7 Å². The van der Waals surface area contributed by atoms with Crippen molar-refractivity contribution in [3.05, 3.63) is 111 Å². The number of methoxy groups -OCH3 is 4. The zero-order valence-electron chi connectivity index (χ0n) is 53.0. The van der Waals surface area contributed by atoms with Gasteiger partial charge in [-0.1, -0.05) is 0 Å². The van der Waals surface area contributed by atoms with E-state index in [1.54, 1.807) is 26.0 Å². The fourth-order valence-corrected chi connectivity index (χ4v) is 8.39. The minimum Gasteiger partial charge on any atom is -0.493 e. The smallest absolute Gasteiger partial charge is 0.306 e. The summed E-state index contributed by atoms with van der Waals surface area (Å²) >= 11 is 16.1. The second-order valence-electron chi connectivity index (χ2n) is 18.5. The maximum Gasteiger partial charge on any atom is 0.306 e. The molecule has 0 bridgehead atoms. The van der Waals surface area contributed by atoms with Gasteiger partial charge in [0.1, 0.15) is 0 Å². The van der Waals surface area contributed by atoms with Gasteiger partial charge < -0.3 is 56.8 Å². The standard InChI is InChI=1S/2C16H23NO6S.2C14H19NO6S/c1-3-21-14-10-12(6-7-16(18)23-8-5-9-24)13(17(19)20)11-15(14)22-4-2;1-3-21-14-10-12(7-8-23-16(18)6-5-9-24)13(17(19)20)11-15(14)22-4-2;1-19-12-8-10(4-5-14(16)21-6-3-7-22)11(15(17)18)9-13(12)20-2;1-19-12-8-10(5-6-21-14(16)4-3-7-22)11(15(17)18)9-13(12)20-2/h2*10-11,24H,3-9H2,1-2H3;2*8-9,22H,3-7H2,1-2H3. The molecule has 4 aromatic carbocycles. The lowest BCUT2D eigenvalue weighted by molar-refractivity contribution is -0.385. The van der Waals surface area contributed by atoms with E-state index in [2.05, 4.69) is 50.5 Å². The zero-order valence-corrected chi connectivity index (χ0v) is 56.5. The van der Waals surface area contributed by atoms with Gasteiger partial charge in [0.15, 0.2) is 46.0 Å². The van der Waals surface area contributed by atoms with Crippen LogP contribution in [0.25, 0.3) is 0 Å². The first-order valence-corrected chi connectivity index (χ1v) is 31.6. The van der Waals surface area contributed by atoms with Crippen molar-refractivity contribution in [3.63, 3.8) is 0 Å². The Morgan fingerprint density at radius 1 is 0.337 bits per heavy atom. The minimum atomic E-state index is -0.510. The topological polar surface area (TPSA) is 352 Å². The quantitative estimate of drug-likeness (QED) is 0.00802. The minimum absolute atomic E-state index is 0.0584. The Morgan fingerprint density at radius 2 is 0.565 bits per heavy atom. The molecule has 28 nitrogen and oxygen atoms in total. The van der Waals surface area contributed by atoms with Crippen molar-refractivity contribution < 1.29 is 95.7 Å². The Balaban J connectivity index is 0.000000614. The maximum atomic E-state index is 11.7. The van der Waals surface area contributed by atoms with Gasteiger partial charge in [-0.25, -0.2) is 0 Å². The molecule has 0 saturated heterocycles. The third kappa shape index (κ3) is 31.0. The van der Waals surface area contributed by atoms with E-state index in [4.69, 9.17) is 56.8 Å². The molecule has 32 heteroatoms. The lowest BCUT2D eigenvalue weighted by Crippen LogP contribution is -2.09. The predicted octanol–water partition coefficient (Wildman–Crippen LogP) is 11.2. The predicted molar refractivity (Wildman–Crippen MR) is 354 cm³/mol. The van der Waals surface area contributed by atoms with Gasteiger partial charge in [0.25, 0.3) is 22.7 Å². The molecule has 0 aliphatic carbocycles. The number of hydrogen-bond donors (Lipinski definition) is 4. The second-order valence-corrected chi connectivity index (χ2v) is 20.3. The van der Waals surface area contributed by atoms with Crippen LogP contribution < -0.4 is 37.9 Å². The molecule has 0 atom stereocenters. The zero-order chi connectivity index (χ0) is 69.0. The van der Waals surface area contributed by atoms with Crippen LogP contribution >= 0.6 is 50.5 Å². The van der Waals surface area contributed by atoms with Crippen molar-refractivity contribution in [2.24, 2.45) is 0 Å². The molecule has 0 saturated carbocycles. The van der Waals surface area contributed by atoms with Crippen LogP contribution in [0.2, 0.25) is 0 Å². The largest absolute Gasteiger partial charge is 0.493 e. The molecule has 0 heterocycles. The van der Waals surface area contributed by atoms with Gasteiger partial charge in [0.2, 0.25) is 0 Å². The average molecular weight is 1370 g/mol. The fraction of sp³-hybridized carbons (Fsp3) is 0.533. The number of hydrogen-bond acceptors (Lipinski definition) is 28. The van der Waals surface area contributed by atoms with E-state index in [1.807, 2.05) is 13.8 Å². The van der Waals surface area contributed by atoms with Gasteiger partial charge in [-0.2, -0.15) is 50.5 Å². The molecule has 4 rings (SSSR count). The molecule has 92 heavy (non-hydrogen) atoms. The molecule has 0 amide bonds. The first-order valence-electron chi connectivity index (χ1n) is 29.1. The van der Waals surface area contributed by atoms with Crippen LogP contribution in [0, 0.1) is 40.5 Å². The molecule has 0 fully saturated rings. The third-order valence-electron chi connectivity index (χ3n) is 12.1. The van der Waals surface area contributed by atoms with Crippen LogP contribution in [0.3, 0.4) is 0 Å². The highest BCUT2D eigenvalue weighted by Gasteiger charge is 2.25. The number of carbonyl (C=O) groups is 4. The number of benzene rings is 4. The Bertz CT molecular complexity index is 2980. The maximum absolute atomic E-state index is 11.7. The van der Waals surface area contributed by atoms with Crippen molar-refractivity contribution in [1.82, 2.24) is 0 Å². The van der Waals surface area contributed by atoms with Gasteiger partial charge >= 0.3 is 23.9 Å². The SMILES string of the molecule is CCOc1cc(CCC(=O)OCCCS)c([N+](=O)[O-])cc1OCC.CCOc1cc(CCOC(=O)CCCS)c([N+](=O)[O-])cc1OCC.COc1cc(CCC(=O)OCCCS)c([N+](=O)[O-])cc1OC.COc1cc(CCOC(=O)CCCS)c([N+](=O)[O-])cc1OC. The van der Waals surface area contributed by atoms with Crippen molar-refractivity contribution >= 4 is 97.1 Å². The summed E-state index contributed by atoms with van der Waals surface area (Å²) in [4.78, 5) is 89.0. The number of ether oxygens (including phenoxy) is 12. The van der Waals surface area contributed by atoms with Crippen molar-refractivity contribution in [2.45, 2.75) is 105 Å². The summed E-state index contributed by atoms with van der Waals surface area (Å²) in [6.45, 7) is 9.53. The van der Waals surface area contributed by atoms with Crippen LogP contribution in [-0.2, 0) is 63.8 Å². The summed E-state index contributed by atoms with van der Waals surface area (Å²) in [5.41, 5.74) is 1.30. The van der Waals surface area contributed by atoms with E-state index >= 15 is 0 Å². The molecule has 0 aromatic heterocycles. The lowest BCUT2D eigenvalue weighted by atomic mass is 10.1. The van der Waals surface area contributed by atoms with Crippen molar-refractivity contribution in [3.8, 4) is 46.0 Å². The highest BCUT2D eigenvalue weighted by Crippen LogP contribution is 2.39. The molecule has 512 valence electrons. The van der Waals surface area contributed by atoms with Crippen LogP contribution in [-0.4, -0.2) is 148 Å². The van der Waals surface area contributed by atoms with Crippen molar-refractivity contribution in [2.75, 3.05) is 104 Å². The molecular formula is C60H84N4O24S4. The number of nitro groups is 4. The molecule has 0 unspecified atom stereocenters. The molecule has 0 aliphatic heterocycles. The van der Waals surface area contributed by atoms with Gasteiger partial charge in [-0.3, -0.25) is 59.6 Å². The first kappa shape index (κ1) is 82.2. The number of nitro benzene ring substituents is 4. The lowest BCUT2D eigenvalue weighted by Gasteiger charge is -2.13. The summed E-state index contributed by atoms with van der Waals surface area (Å²) in [6.07, 6.45) is 4.17. The Morgan fingerprint density at radius 3 is 0.826 bits per heavy atom. The fourth-order valence-electron chi connectivity index (χ4n) is 7.82. The van der Waals surface area contributed by atoms with E-state index < -0.39 is 31.6 Å². The molecule has 0 aliphatic rings. The van der Waals surface area contributed by atoms with Crippen LogP contribution in [0.1, 0.15) is 101 Å². The summed E-state index contributed by atoms with van der Waals surface area (Å²) in [7, 11) is 5.70. The summed E-state index contributed by atoms with van der Waals surface area (Å²) in [6, 6.07) is 11.5. The molecule has 0 N–H and O–H groups in total. The Kier molecular flexibility index (Phi) is 42.9. The van der Waals surface area contributed by atoms with Gasteiger partial charge in [0.05, 0.1) is 125 Å². The summed E-state index contributed by atoms with van der Waals surface area (Å²) in [5, 5.41) is 44.8. The van der Waals surface area contributed by atoms with E-state index in [0.29, 0.717) is 152 Å². The monoisotopic (exact) mass is 1370 g/mol. The molecule has 0 radical (unpaired) electrons. The number of rotatable bonds is 40. The van der Waals surface area contributed by atoms with Gasteiger partial charge in [-0.15, -0.1) is 0 Å². The number of thiol groups is 4. The molecular weight excluding hydrogens is 1290 g/mol. The van der Waals surface area contributed by atoms with Crippen molar-refractivity contribution in [1.29, 1.82) is 0 Å². The summed E-state index contributed by atoms with van der Waals surface area (Å²) < 4.78 is 62.3. The first-order chi connectivity index (χ1) is 44.1. The highest BCUT2D eigenvalue weighted by molar-refractivity contribution is 7.80. The van der Waals surface area contributed by atoms with Gasteiger partial charge in [0, 0.05) is 60.8 Å². The van der Waals surface area contributed by atoms with Crippen LogP contribution in [0.15, 0.2) is 48.5 Å². The average Bonchev–Trinajstić information content (AvgIpc) is 0.881. The summed E-state index contributed by atoms with van der Waals surface area (Å²) in [5.74, 6) is 3.89. The van der Waals surface area contributed by atoms with E-state index in [9.17, 15) is 59.6 Å². The number of nitrogens with zero attached hydrogens (tertiary/aromatic N) is 4. The highest BCUT2D eigenvalue weighted by atomic mass is 32.1. The normalized spacial score (nSPS) is 10.2. The Hall–Kier alpha value is -7.84. The second kappa shape index (κ2) is 48.0. The van der Waals surface area contributed by atoms with Crippen LogP contribution in [0.5, 0.6) is 46.0 Å². The third-order valence-corrected chi connectivity index (χ3v) is 13.4. The molecule has 4 aromatic rings. The van der Waals surface area contributed by atoms with E-state index in [-0.39, 0.29) is 104 Å².